The Kier molecular flexibility index (Phi) is 8.61. The number of hydrogen-bond donors (Lipinski definition) is 1. The van der Waals surface area contributed by atoms with E-state index in [1.807, 2.05) is 48.4 Å². The quantitative estimate of drug-likeness (QED) is 0.261. The summed E-state index contributed by atoms with van der Waals surface area (Å²) in [5, 5.41) is 0.370. The van der Waals surface area contributed by atoms with Gasteiger partial charge in [0.25, 0.3) is 0 Å². The summed E-state index contributed by atoms with van der Waals surface area (Å²) in [7, 11) is 1.61. The summed E-state index contributed by atoms with van der Waals surface area (Å²) >= 11 is 1.84. The van der Waals surface area contributed by atoms with Gasteiger partial charge in [0.2, 0.25) is 5.88 Å². The number of pyridine rings is 3. The van der Waals surface area contributed by atoms with Crippen LogP contribution >= 0.6 is 11.8 Å². The number of nitrogen functional groups attached to an aromatic ring is 1. The van der Waals surface area contributed by atoms with Crippen LogP contribution in [0.15, 0.2) is 59.8 Å². The van der Waals surface area contributed by atoms with E-state index in [1.54, 1.807) is 13.3 Å². The molecule has 6 heterocycles. The fraction of sp³-hybridized carbons (Fsp3) is 0.400. The van der Waals surface area contributed by atoms with Crippen molar-refractivity contribution in [3.05, 3.63) is 87.7 Å². The van der Waals surface area contributed by atoms with Gasteiger partial charge in [0.05, 0.1) is 41.5 Å². The lowest BCUT2D eigenvalue weighted by Gasteiger charge is -2.40. The zero-order chi connectivity index (χ0) is 31.8. The van der Waals surface area contributed by atoms with Gasteiger partial charge in [-0.15, -0.1) is 0 Å². The third kappa shape index (κ3) is 5.93. The highest BCUT2D eigenvalue weighted by atomic mass is 32.2. The van der Waals surface area contributed by atoms with Gasteiger partial charge in [-0.2, -0.15) is 11.8 Å². The number of thioether (sulfide) groups is 1. The monoisotopic (exact) mass is 642 g/mol. The molecule has 4 aromatic rings. The van der Waals surface area contributed by atoms with E-state index in [0.29, 0.717) is 59.2 Å². The van der Waals surface area contributed by atoms with Gasteiger partial charge in [-0.05, 0) is 67.3 Å². The first kappa shape index (κ1) is 30.6. The largest absolute Gasteiger partial charge is 0.488 e. The molecule has 3 aliphatic heterocycles. The van der Waals surface area contributed by atoms with Crippen molar-refractivity contribution in [2.24, 2.45) is 0 Å². The topological polar surface area (TPSA) is 98.7 Å². The molecule has 11 heteroatoms. The summed E-state index contributed by atoms with van der Waals surface area (Å²) in [5.74, 6) is 2.93. The van der Waals surface area contributed by atoms with E-state index >= 15 is 4.39 Å². The molecule has 2 atom stereocenters. The molecule has 7 rings (SSSR count). The zero-order valence-corrected chi connectivity index (χ0v) is 27.1. The summed E-state index contributed by atoms with van der Waals surface area (Å²) in [6.07, 6.45) is 10.4. The number of aromatic nitrogens is 3. The number of benzene rings is 1. The first-order valence-corrected chi connectivity index (χ1v) is 17.0. The molecule has 46 heavy (non-hydrogen) atoms. The molecule has 1 aromatic carbocycles. The molecule has 0 spiro atoms. The van der Waals surface area contributed by atoms with Crippen molar-refractivity contribution in [3.63, 3.8) is 0 Å². The lowest BCUT2D eigenvalue weighted by Crippen LogP contribution is -2.48. The molecule has 2 N–H and O–H groups in total. The molecule has 3 aromatic heterocycles. The summed E-state index contributed by atoms with van der Waals surface area (Å²) in [6.45, 7) is 5.19. The van der Waals surface area contributed by atoms with Crippen molar-refractivity contribution in [3.8, 4) is 11.6 Å². The Balaban J connectivity index is 1.29. The Morgan fingerprint density at radius 3 is 2.89 bits per heavy atom. The van der Waals surface area contributed by atoms with Gasteiger partial charge in [0, 0.05) is 62.0 Å². The molecule has 3 aliphatic rings. The smallest absolute Gasteiger partial charge is 0.213 e. The predicted octanol–water partition coefficient (Wildman–Crippen LogP) is 5.67. The maximum atomic E-state index is 15.9. The number of hydrogen-bond acceptors (Lipinski definition) is 9. The average molecular weight is 643 g/mol. The average Bonchev–Trinajstić information content (AvgIpc) is 3.08. The van der Waals surface area contributed by atoms with Gasteiger partial charge in [-0.25, -0.2) is 14.4 Å². The Labute approximate surface area is 272 Å². The second-order valence-electron chi connectivity index (χ2n) is 12.4. The first-order valence-electron chi connectivity index (χ1n) is 15.9. The fourth-order valence-electron chi connectivity index (χ4n) is 6.95. The van der Waals surface area contributed by atoms with Gasteiger partial charge in [-0.3, -0.25) is 9.69 Å². The zero-order valence-electron chi connectivity index (χ0n) is 26.2. The highest BCUT2D eigenvalue weighted by Gasteiger charge is 2.31. The van der Waals surface area contributed by atoms with Crippen LogP contribution in [0.25, 0.3) is 16.5 Å². The van der Waals surface area contributed by atoms with Crippen LogP contribution in [0.1, 0.15) is 48.9 Å². The van der Waals surface area contributed by atoms with E-state index in [1.165, 1.54) is 6.07 Å². The predicted molar refractivity (Wildman–Crippen MR) is 182 cm³/mol. The minimum atomic E-state index is -0.392. The van der Waals surface area contributed by atoms with Gasteiger partial charge in [0.15, 0.2) is 11.2 Å². The van der Waals surface area contributed by atoms with Crippen LogP contribution < -0.4 is 25.5 Å². The molecule has 1 unspecified atom stereocenters. The number of nitrogens with two attached hydrogens (primary N) is 1. The van der Waals surface area contributed by atoms with Crippen molar-refractivity contribution in [2.75, 3.05) is 48.9 Å². The van der Waals surface area contributed by atoms with Crippen LogP contribution in [0.2, 0.25) is 0 Å². The molecule has 0 aliphatic carbocycles. The van der Waals surface area contributed by atoms with Gasteiger partial charge in [0.1, 0.15) is 18.2 Å². The number of ether oxygens (including phenoxy) is 2. The van der Waals surface area contributed by atoms with Crippen LogP contribution in [-0.2, 0) is 13.1 Å². The van der Waals surface area contributed by atoms with Crippen LogP contribution in [0.4, 0.5) is 15.9 Å². The van der Waals surface area contributed by atoms with E-state index in [9.17, 15) is 4.79 Å². The lowest BCUT2D eigenvalue weighted by atomic mass is 9.96. The summed E-state index contributed by atoms with van der Waals surface area (Å²) < 4.78 is 29.7. The Hall–Kier alpha value is -4.09. The number of nitrogens with zero attached hydrogens (tertiary/aromatic N) is 5. The molecule has 0 radical (unpaired) electrons. The number of piperidine rings is 1. The molecule has 0 amide bonds. The molecular weight excluding hydrogens is 603 g/mol. The van der Waals surface area contributed by atoms with E-state index in [2.05, 4.69) is 37.3 Å². The summed E-state index contributed by atoms with van der Waals surface area (Å²) in [5.41, 5.74) is 10.6. The van der Waals surface area contributed by atoms with Crippen molar-refractivity contribution < 1.29 is 13.9 Å². The molecule has 1 fully saturated rings. The minimum absolute atomic E-state index is 0.00958. The molecule has 0 bridgehead atoms. The van der Waals surface area contributed by atoms with E-state index in [0.717, 1.165) is 60.7 Å². The normalized spacial score (nSPS) is 19.7. The Morgan fingerprint density at radius 2 is 2.11 bits per heavy atom. The van der Waals surface area contributed by atoms with Crippen molar-refractivity contribution in [2.45, 2.75) is 51.4 Å². The molecule has 0 saturated carbocycles. The van der Waals surface area contributed by atoms with Crippen molar-refractivity contribution >= 4 is 39.7 Å². The van der Waals surface area contributed by atoms with Crippen LogP contribution in [0.5, 0.6) is 11.6 Å². The van der Waals surface area contributed by atoms with Crippen LogP contribution in [-0.4, -0.2) is 63.8 Å². The number of methoxy groups -OCH3 is 1. The summed E-state index contributed by atoms with van der Waals surface area (Å²) in [6, 6.07) is 9.34. The van der Waals surface area contributed by atoms with Crippen LogP contribution in [0.3, 0.4) is 0 Å². The van der Waals surface area contributed by atoms with Crippen LogP contribution in [0, 0.1) is 5.82 Å². The number of halogens is 1. The fourth-order valence-corrected chi connectivity index (χ4v) is 7.80. The second kappa shape index (κ2) is 13.0. The van der Waals surface area contributed by atoms with E-state index in [-0.39, 0.29) is 17.5 Å². The Bertz CT molecular complexity index is 1850. The standard InChI is InChI=1S/C35H39FN6O3S/c1-22-21-45-35-32(24-8-12-46-13-9-24)29(36)15-28-33(35)42(22)19-25(34(28)43)18-41(17-23-7-10-38-31(14-23)44-2)27-4-3-11-40(20-27)26-5-6-30(37)39-16-26/h5-8,10,14-16,19,22,27H,3-4,9,11-13,17-18,20-21H2,1-2H3,(H2,37,39)/t22?,27-/m0/s1. The van der Waals surface area contributed by atoms with E-state index in [4.69, 9.17) is 15.2 Å². The maximum absolute atomic E-state index is 15.9. The van der Waals surface area contributed by atoms with Gasteiger partial charge < -0.3 is 24.7 Å². The number of allylic oxidation sites excluding steroid dienone is 1. The number of rotatable bonds is 8. The van der Waals surface area contributed by atoms with Crippen molar-refractivity contribution in [1.82, 2.24) is 19.4 Å². The second-order valence-corrected chi connectivity index (χ2v) is 13.5. The summed E-state index contributed by atoms with van der Waals surface area (Å²) in [4.78, 5) is 27.6. The SMILES string of the molecule is COc1cc(CN(Cc2cn3c4c(c(C5=CCSCC5)c(F)cc4c2=O)OCC3C)[C@H]2CCCN(c3ccc(N)nc3)C2)ccn1. The lowest BCUT2D eigenvalue weighted by molar-refractivity contribution is 0.157. The first-order chi connectivity index (χ1) is 22.4. The van der Waals surface area contributed by atoms with Gasteiger partial charge >= 0.3 is 0 Å². The third-order valence-electron chi connectivity index (χ3n) is 9.34. The van der Waals surface area contributed by atoms with E-state index < -0.39 is 5.82 Å². The molecule has 1 saturated heterocycles. The molecular formula is C35H39FN6O3S. The highest BCUT2D eigenvalue weighted by Crippen LogP contribution is 2.42. The Morgan fingerprint density at radius 1 is 1.22 bits per heavy atom. The molecule has 9 nitrogen and oxygen atoms in total. The van der Waals surface area contributed by atoms with Crippen molar-refractivity contribution in [1.29, 1.82) is 0 Å². The third-order valence-corrected chi connectivity index (χ3v) is 10.2. The molecule has 240 valence electrons. The minimum Gasteiger partial charge on any atom is -0.488 e. The maximum Gasteiger partial charge on any atom is 0.213 e. The highest BCUT2D eigenvalue weighted by molar-refractivity contribution is 7.99. The number of anilines is 2. The van der Waals surface area contributed by atoms with Gasteiger partial charge in [-0.1, -0.05) is 6.08 Å².